The van der Waals surface area contributed by atoms with Crippen LogP contribution in [0.15, 0.2) is 77.7 Å². The van der Waals surface area contributed by atoms with Crippen molar-refractivity contribution in [3.8, 4) is 0 Å². The highest BCUT2D eigenvalue weighted by Crippen LogP contribution is 2.32. The van der Waals surface area contributed by atoms with Gasteiger partial charge >= 0.3 is 0 Å². The van der Waals surface area contributed by atoms with Crippen LogP contribution in [-0.4, -0.2) is 32.4 Å². The Hall–Kier alpha value is -2.77. The molecule has 3 aromatic carbocycles. The molecule has 4 nitrogen and oxygen atoms in total. The first-order valence-corrected chi connectivity index (χ1v) is 12.1. The SMILES string of the molecule is Cc1ccccc1S(=O)(=O)N(c1ccc(F)cc1)C1CCN(Cc2ccc(F)cc2)CC1. The van der Waals surface area contributed by atoms with Crippen LogP contribution >= 0.6 is 0 Å². The number of sulfonamides is 1. The van der Waals surface area contributed by atoms with E-state index in [1.54, 1.807) is 37.3 Å². The van der Waals surface area contributed by atoms with Gasteiger partial charge in [0.1, 0.15) is 11.6 Å². The van der Waals surface area contributed by atoms with Crippen LogP contribution in [0.2, 0.25) is 0 Å². The third-order valence-electron chi connectivity index (χ3n) is 5.92. The summed E-state index contributed by atoms with van der Waals surface area (Å²) in [5.74, 6) is -0.667. The maximum atomic E-state index is 13.7. The van der Waals surface area contributed by atoms with Gasteiger partial charge in [0, 0.05) is 25.7 Å². The first-order chi connectivity index (χ1) is 15.3. The lowest BCUT2D eigenvalue weighted by Gasteiger charge is -2.39. The molecule has 0 unspecified atom stereocenters. The van der Waals surface area contributed by atoms with Crippen molar-refractivity contribution in [1.29, 1.82) is 0 Å². The van der Waals surface area contributed by atoms with E-state index in [1.165, 1.54) is 40.7 Å². The smallest absolute Gasteiger partial charge is 0.264 e. The molecule has 1 fully saturated rings. The molecule has 1 heterocycles. The van der Waals surface area contributed by atoms with Gasteiger partial charge in [-0.1, -0.05) is 30.3 Å². The summed E-state index contributed by atoms with van der Waals surface area (Å²) in [6, 6.07) is 18.8. The largest absolute Gasteiger partial charge is 0.299 e. The molecule has 1 saturated heterocycles. The van der Waals surface area contributed by atoms with Gasteiger partial charge in [0.25, 0.3) is 10.0 Å². The third kappa shape index (κ3) is 4.84. The Balaban J connectivity index is 1.58. The van der Waals surface area contributed by atoms with Gasteiger partial charge in [-0.3, -0.25) is 9.21 Å². The summed E-state index contributed by atoms with van der Waals surface area (Å²) in [5.41, 5.74) is 2.16. The van der Waals surface area contributed by atoms with Gasteiger partial charge in [-0.2, -0.15) is 0 Å². The highest BCUT2D eigenvalue weighted by Gasteiger charge is 2.34. The Morgan fingerprint density at radius 1 is 0.875 bits per heavy atom. The molecule has 0 atom stereocenters. The number of rotatable bonds is 6. The standard InChI is InChI=1S/C25H26F2N2O2S/c1-19-4-2-3-5-25(19)32(30,31)29(23-12-10-22(27)11-13-23)24-14-16-28(17-15-24)18-20-6-8-21(26)9-7-20/h2-13,24H,14-18H2,1H3. The van der Waals surface area contributed by atoms with Crippen LogP contribution in [0.25, 0.3) is 0 Å². The van der Waals surface area contributed by atoms with Gasteiger partial charge in [-0.25, -0.2) is 17.2 Å². The Labute approximate surface area is 188 Å². The lowest BCUT2D eigenvalue weighted by molar-refractivity contribution is 0.206. The Bertz CT molecular complexity index is 1160. The van der Waals surface area contributed by atoms with E-state index in [4.69, 9.17) is 0 Å². The van der Waals surface area contributed by atoms with Crippen molar-refractivity contribution in [2.24, 2.45) is 0 Å². The number of benzene rings is 3. The number of aryl methyl sites for hydroxylation is 1. The van der Waals surface area contributed by atoms with Crippen LogP contribution in [0.4, 0.5) is 14.5 Å². The van der Waals surface area contributed by atoms with E-state index in [-0.39, 0.29) is 16.8 Å². The molecule has 0 aliphatic carbocycles. The van der Waals surface area contributed by atoms with Crippen molar-refractivity contribution < 1.29 is 17.2 Å². The number of likely N-dealkylation sites (tertiary alicyclic amines) is 1. The first-order valence-electron chi connectivity index (χ1n) is 10.7. The molecule has 7 heteroatoms. The summed E-state index contributed by atoms with van der Waals surface area (Å²) in [4.78, 5) is 2.51. The highest BCUT2D eigenvalue weighted by atomic mass is 32.2. The van der Waals surface area contributed by atoms with Crippen molar-refractivity contribution in [1.82, 2.24) is 4.90 Å². The number of anilines is 1. The lowest BCUT2D eigenvalue weighted by Crippen LogP contribution is -2.47. The number of nitrogens with zero attached hydrogens (tertiary/aromatic N) is 2. The van der Waals surface area contributed by atoms with Crippen molar-refractivity contribution >= 4 is 15.7 Å². The minimum atomic E-state index is -3.83. The molecule has 32 heavy (non-hydrogen) atoms. The zero-order valence-electron chi connectivity index (χ0n) is 17.9. The molecular formula is C25H26F2N2O2S. The molecule has 0 amide bonds. The minimum absolute atomic E-state index is 0.241. The van der Waals surface area contributed by atoms with Gasteiger partial charge in [0.05, 0.1) is 10.6 Å². The second-order valence-corrected chi connectivity index (χ2v) is 9.96. The summed E-state index contributed by atoms with van der Waals surface area (Å²) >= 11 is 0. The summed E-state index contributed by atoms with van der Waals surface area (Å²) < 4.78 is 55.6. The quantitative estimate of drug-likeness (QED) is 0.516. The fourth-order valence-electron chi connectivity index (χ4n) is 4.25. The number of piperidine rings is 1. The van der Waals surface area contributed by atoms with Gasteiger partial charge in [-0.05, 0) is 73.4 Å². The maximum absolute atomic E-state index is 13.7. The summed E-state index contributed by atoms with van der Waals surface area (Å²) in [5, 5.41) is 0. The van der Waals surface area contributed by atoms with Crippen molar-refractivity contribution in [3.63, 3.8) is 0 Å². The lowest BCUT2D eigenvalue weighted by atomic mass is 10.0. The fraction of sp³-hybridized carbons (Fsp3) is 0.280. The van der Waals surface area contributed by atoms with Gasteiger partial charge in [0.15, 0.2) is 0 Å². The molecule has 168 valence electrons. The predicted octanol–water partition coefficient (Wildman–Crippen LogP) is 5.13. The Morgan fingerprint density at radius 2 is 1.44 bits per heavy atom. The normalized spacial score (nSPS) is 15.6. The number of hydrogen-bond donors (Lipinski definition) is 0. The van der Waals surface area contributed by atoms with Gasteiger partial charge < -0.3 is 0 Å². The predicted molar refractivity (Wildman–Crippen MR) is 122 cm³/mol. The van der Waals surface area contributed by atoms with Crippen molar-refractivity contribution in [2.45, 2.75) is 37.2 Å². The van der Waals surface area contributed by atoms with Crippen LogP contribution in [0.5, 0.6) is 0 Å². The summed E-state index contributed by atoms with van der Waals surface area (Å²) in [7, 11) is -3.83. The Kier molecular flexibility index (Phi) is 6.58. The Morgan fingerprint density at radius 3 is 2.03 bits per heavy atom. The van der Waals surface area contributed by atoms with E-state index in [0.29, 0.717) is 43.7 Å². The molecule has 0 N–H and O–H groups in total. The second-order valence-electron chi connectivity index (χ2n) is 8.18. The third-order valence-corrected chi connectivity index (χ3v) is 7.96. The van der Waals surface area contributed by atoms with Crippen LogP contribution in [0.3, 0.4) is 0 Å². The minimum Gasteiger partial charge on any atom is -0.299 e. The molecule has 0 saturated carbocycles. The second kappa shape index (κ2) is 9.38. The molecule has 1 aliphatic rings. The molecule has 4 rings (SSSR count). The molecule has 0 spiro atoms. The fourth-order valence-corrected chi connectivity index (χ4v) is 6.19. The zero-order chi connectivity index (χ0) is 22.7. The van der Waals surface area contributed by atoms with E-state index in [2.05, 4.69) is 4.90 Å². The van der Waals surface area contributed by atoms with Crippen LogP contribution < -0.4 is 4.31 Å². The summed E-state index contributed by atoms with van der Waals surface area (Å²) in [6.45, 7) is 3.89. The monoisotopic (exact) mass is 456 g/mol. The summed E-state index contributed by atoms with van der Waals surface area (Å²) in [6.07, 6.45) is 1.29. The average Bonchev–Trinajstić information content (AvgIpc) is 2.78. The molecule has 0 radical (unpaired) electrons. The molecule has 0 bridgehead atoms. The molecule has 1 aliphatic heterocycles. The van der Waals surface area contributed by atoms with Gasteiger partial charge in [-0.15, -0.1) is 0 Å². The van der Waals surface area contributed by atoms with Crippen molar-refractivity contribution in [2.75, 3.05) is 17.4 Å². The van der Waals surface area contributed by atoms with Gasteiger partial charge in [0.2, 0.25) is 0 Å². The topological polar surface area (TPSA) is 40.6 Å². The zero-order valence-corrected chi connectivity index (χ0v) is 18.7. The average molecular weight is 457 g/mol. The number of halogens is 2. The van der Waals surface area contributed by atoms with E-state index in [1.807, 2.05) is 6.07 Å². The first kappa shape index (κ1) is 22.4. The van der Waals surface area contributed by atoms with E-state index < -0.39 is 15.8 Å². The molecular weight excluding hydrogens is 430 g/mol. The van der Waals surface area contributed by atoms with E-state index in [9.17, 15) is 17.2 Å². The van der Waals surface area contributed by atoms with E-state index >= 15 is 0 Å². The van der Waals surface area contributed by atoms with Crippen LogP contribution in [0.1, 0.15) is 24.0 Å². The van der Waals surface area contributed by atoms with Crippen LogP contribution in [0, 0.1) is 18.6 Å². The maximum Gasteiger partial charge on any atom is 0.264 e. The highest BCUT2D eigenvalue weighted by molar-refractivity contribution is 7.93. The van der Waals surface area contributed by atoms with E-state index in [0.717, 1.165) is 5.56 Å². The molecule has 3 aromatic rings. The van der Waals surface area contributed by atoms with Crippen LogP contribution in [-0.2, 0) is 16.6 Å². The molecule has 0 aromatic heterocycles. The van der Waals surface area contributed by atoms with Crippen molar-refractivity contribution in [3.05, 3.63) is 95.6 Å². The number of hydrogen-bond acceptors (Lipinski definition) is 3.